The van der Waals surface area contributed by atoms with Crippen molar-refractivity contribution < 1.29 is 13.2 Å². The molecule has 1 aromatic carbocycles. The van der Waals surface area contributed by atoms with Gasteiger partial charge in [0.05, 0.1) is 11.0 Å². The second-order valence-electron chi connectivity index (χ2n) is 5.22. The molecule has 0 amide bonds. The molecule has 118 valence electrons. The first-order valence-corrected chi connectivity index (χ1v) is 9.19. The van der Waals surface area contributed by atoms with Gasteiger partial charge in [-0.25, -0.2) is 8.42 Å². The van der Waals surface area contributed by atoms with Crippen LogP contribution in [-0.4, -0.2) is 46.1 Å². The molecule has 5 nitrogen and oxygen atoms in total. The molecule has 0 saturated carbocycles. The normalized spacial score (nSPS) is 19.3. The summed E-state index contributed by atoms with van der Waals surface area (Å²) in [7, 11) is -0.0808. The lowest BCUT2D eigenvalue weighted by Crippen LogP contribution is -2.34. The van der Waals surface area contributed by atoms with E-state index in [4.69, 9.17) is 4.74 Å². The molecule has 7 heteroatoms. The van der Waals surface area contributed by atoms with Crippen LogP contribution < -0.4 is 5.32 Å². The summed E-state index contributed by atoms with van der Waals surface area (Å²) in [6, 6.07) is 5.39. The SMILES string of the molecule is CNCc1ccc(Br)c(S(=O)(=O)N(C)CC2CCCO2)c1. The second kappa shape index (κ2) is 7.19. The van der Waals surface area contributed by atoms with E-state index in [1.54, 1.807) is 19.2 Å². The highest BCUT2D eigenvalue weighted by atomic mass is 79.9. The lowest BCUT2D eigenvalue weighted by Gasteiger charge is -2.21. The summed E-state index contributed by atoms with van der Waals surface area (Å²) in [5.41, 5.74) is 0.935. The minimum absolute atomic E-state index is 0.00374. The van der Waals surface area contributed by atoms with Crippen LogP contribution in [0.1, 0.15) is 18.4 Å². The van der Waals surface area contributed by atoms with Gasteiger partial charge in [-0.3, -0.25) is 0 Å². The van der Waals surface area contributed by atoms with Gasteiger partial charge in [0.2, 0.25) is 10.0 Å². The Bertz CT molecular complexity index is 586. The molecule has 1 heterocycles. The first kappa shape index (κ1) is 16.9. The highest BCUT2D eigenvalue weighted by Crippen LogP contribution is 2.26. The first-order valence-electron chi connectivity index (χ1n) is 6.96. The number of benzene rings is 1. The van der Waals surface area contributed by atoms with Gasteiger partial charge < -0.3 is 10.1 Å². The topological polar surface area (TPSA) is 58.6 Å². The number of rotatable bonds is 6. The molecule has 1 atom stereocenters. The van der Waals surface area contributed by atoms with Crippen LogP contribution in [0.5, 0.6) is 0 Å². The van der Waals surface area contributed by atoms with E-state index in [-0.39, 0.29) is 6.10 Å². The van der Waals surface area contributed by atoms with Crippen molar-refractivity contribution in [3.63, 3.8) is 0 Å². The Hall–Kier alpha value is -0.470. The molecule has 1 saturated heterocycles. The molecule has 1 fully saturated rings. The van der Waals surface area contributed by atoms with Gasteiger partial charge in [-0.2, -0.15) is 4.31 Å². The van der Waals surface area contributed by atoms with Crippen LogP contribution >= 0.6 is 15.9 Å². The maximum absolute atomic E-state index is 12.7. The largest absolute Gasteiger partial charge is 0.377 e. The third-order valence-electron chi connectivity index (χ3n) is 3.55. The summed E-state index contributed by atoms with van der Waals surface area (Å²) < 4.78 is 32.9. The third-order valence-corrected chi connectivity index (χ3v) is 6.37. The number of nitrogens with zero attached hydrogens (tertiary/aromatic N) is 1. The fourth-order valence-electron chi connectivity index (χ4n) is 2.40. The number of hydrogen-bond acceptors (Lipinski definition) is 4. The predicted molar refractivity (Wildman–Crippen MR) is 85.7 cm³/mol. The van der Waals surface area contributed by atoms with Gasteiger partial charge in [-0.15, -0.1) is 0 Å². The van der Waals surface area contributed by atoms with E-state index in [2.05, 4.69) is 21.2 Å². The fourth-order valence-corrected chi connectivity index (χ4v) is 4.57. The maximum atomic E-state index is 12.7. The minimum atomic E-state index is -3.52. The Kier molecular flexibility index (Phi) is 5.79. The summed E-state index contributed by atoms with van der Waals surface area (Å²) in [6.45, 7) is 1.75. The number of sulfonamides is 1. The average Bonchev–Trinajstić information content (AvgIpc) is 2.94. The molecule has 0 spiro atoms. The van der Waals surface area contributed by atoms with Crippen molar-refractivity contribution in [1.29, 1.82) is 0 Å². The number of nitrogens with one attached hydrogen (secondary N) is 1. The molecular weight excluding hydrogens is 356 g/mol. The van der Waals surface area contributed by atoms with Gasteiger partial charge in [0.25, 0.3) is 0 Å². The second-order valence-corrected chi connectivity index (χ2v) is 8.08. The summed E-state index contributed by atoms with van der Waals surface area (Å²) >= 11 is 3.34. The predicted octanol–water partition coefficient (Wildman–Crippen LogP) is 1.97. The monoisotopic (exact) mass is 376 g/mol. The van der Waals surface area contributed by atoms with Gasteiger partial charge in [0.1, 0.15) is 0 Å². The third kappa shape index (κ3) is 4.04. The Morgan fingerprint density at radius 3 is 2.86 bits per heavy atom. The van der Waals surface area contributed by atoms with Crippen molar-refractivity contribution in [3.05, 3.63) is 28.2 Å². The fraction of sp³-hybridized carbons (Fsp3) is 0.571. The van der Waals surface area contributed by atoms with Gasteiger partial charge in [0, 0.05) is 31.2 Å². The molecule has 1 aliphatic rings. The number of ether oxygens (including phenoxy) is 1. The molecule has 1 unspecified atom stereocenters. The van der Waals surface area contributed by atoms with E-state index in [1.165, 1.54) is 4.31 Å². The zero-order valence-electron chi connectivity index (χ0n) is 12.3. The summed E-state index contributed by atoms with van der Waals surface area (Å²) in [5, 5.41) is 3.03. The first-order chi connectivity index (χ1) is 9.95. The molecular formula is C14H21BrN2O3S. The van der Waals surface area contributed by atoms with Crippen molar-refractivity contribution in [3.8, 4) is 0 Å². The molecule has 2 rings (SSSR count). The van der Waals surface area contributed by atoms with E-state index in [9.17, 15) is 8.42 Å². The van der Waals surface area contributed by atoms with Gasteiger partial charge in [-0.05, 0) is 53.5 Å². The molecule has 21 heavy (non-hydrogen) atoms. The van der Waals surface area contributed by atoms with Crippen LogP contribution in [-0.2, 0) is 21.3 Å². The van der Waals surface area contributed by atoms with E-state index in [0.717, 1.165) is 25.0 Å². The lowest BCUT2D eigenvalue weighted by molar-refractivity contribution is 0.0979. The maximum Gasteiger partial charge on any atom is 0.244 e. The van der Waals surface area contributed by atoms with Crippen molar-refractivity contribution >= 4 is 26.0 Å². The molecule has 0 bridgehead atoms. The highest BCUT2D eigenvalue weighted by molar-refractivity contribution is 9.10. The number of likely N-dealkylation sites (N-methyl/N-ethyl adjacent to an activating group) is 1. The van der Waals surface area contributed by atoms with Gasteiger partial charge in [-0.1, -0.05) is 6.07 Å². The number of halogens is 1. The Morgan fingerprint density at radius 1 is 1.48 bits per heavy atom. The average molecular weight is 377 g/mol. The number of hydrogen-bond donors (Lipinski definition) is 1. The molecule has 0 radical (unpaired) electrons. The van der Waals surface area contributed by atoms with E-state index < -0.39 is 10.0 Å². The Morgan fingerprint density at radius 2 is 2.24 bits per heavy atom. The van der Waals surface area contributed by atoms with Crippen LogP contribution in [0.2, 0.25) is 0 Å². The zero-order valence-corrected chi connectivity index (χ0v) is 14.7. The van der Waals surface area contributed by atoms with E-state index >= 15 is 0 Å². The van der Waals surface area contributed by atoms with Crippen LogP contribution in [0.3, 0.4) is 0 Å². The molecule has 1 aliphatic heterocycles. The van der Waals surface area contributed by atoms with Crippen LogP contribution in [0.15, 0.2) is 27.6 Å². The molecule has 1 N–H and O–H groups in total. The van der Waals surface area contributed by atoms with Crippen molar-refractivity contribution in [1.82, 2.24) is 9.62 Å². The Labute approximate surface area is 134 Å². The van der Waals surface area contributed by atoms with E-state index in [0.29, 0.717) is 22.5 Å². The Balaban J connectivity index is 2.22. The van der Waals surface area contributed by atoms with Gasteiger partial charge >= 0.3 is 0 Å². The van der Waals surface area contributed by atoms with Crippen LogP contribution in [0.4, 0.5) is 0 Å². The summed E-state index contributed by atoms with van der Waals surface area (Å²) in [4.78, 5) is 0.302. The van der Waals surface area contributed by atoms with Crippen molar-refractivity contribution in [2.75, 3.05) is 27.2 Å². The minimum Gasteiger partial charge on any atom is -0.377 e. The molecule has 1 aromatic rings. The van der Waals surface area contributed by atoms with Crippen molar-refractivity contribution in [2.24, 2.45) is 0 Å². The molecule has 0 aliphatic carbocycles. The van der Waals surface area contributed by atoms with Crippen LogP contribution in [0.25, 0.3) is 0 Å². The van der Waals surface area contributed by atoms with Crippen LogP contribution in [0, 0.1) is 0 Å². The molecule has 0 aromatic heterocycles. The van der Waals surface area contributed by atoms with Crippen molar-refractivity contribution in [2.45, 2.75) is 30.4 Å². The van der Waals surface area contributed by atoms with Gasteiger partial charge in [0.15, 0.2) is 0 Å². The summed E-state index contributed by atoms with van der Waals surface area (Å²) in [6.07, 6.45) is 1.92. The smallest absolute Gasteiger partial charge is 0.244 e. The standard InChI is InChI=1S/C14H21BrN2O3S/c1-16-9-11-5-6-13(15)14(8-11)21(18,19)17(2)10-12-4-3-7-20-12/h5-6,8,12,16H,3-4,7,9-10H2,1-2H3. The lowest BCUT2D eigenvalue weighted by atomic mass is 10.2. The zero-order chi connectivity index (χ0) is 15.5. The highest BCUT2D eigenvalue weighted by Gasteiger charge is 2.27. The van der Waals surface area contributed by atoms with E-state index in [1.807, 2.05) is 13.1 Å². The quantitative estimate of drug-likeness (QED) is 0.824. The summed E-state index contributed by atoms with van der Waals surface area (Å²) in [5.74, 6) is 0.